The first-order valence-electron chi connectivity index (χ1n) is 8.09. The largest absolute Gasteiger partial charge is 0.472 e. The van der Waals surface area contributed by atoms with Gasteiger partial charge < -0.3 is 14.2 Å². The predicted octanol–water partition coefficient (Wildman–Crippen LogP) is 2.20. The smallest absolute Gasteiger partial charge is 0.257 e. The van der Waals surface area contributed by atoms with Gasteiger partial charge in [0.05, 0.1) is 11.8 Å². The molecule has 2 aliphatic rings. The van der Waals surface area contributed by atoms with E-state index in [1.807, 2.05) is 11.0 Å². The minimum absolute atomic E-state index is 0.0786. The van der Waals surface area contributed by atoms with Gasteiger partial charge in [0.15, 0.2) is 0 Å². The molecule has 120 valence electrons. The van der Waals surface area contributed by atoms with Crippen LogP contribution < -0.4 is 4.90 Å². The molecule has 2 saturated heterocycles. The highest BCUT2D eigenvalue weighted by Gasteiger charge is 2.42. The maximum atomic E-state index is 12.4. The molecular weight excluding hydrogens is 292 g/mol. The number of furan rings is 1. The molecule has 2 aromatic rings. The lowest BCUT2D eigenvalue weighted by atomic mass is 9.77. The average molecular weight is 312 g/mol. The average Bonchev–Trinajstić information content (AvgIpc) is 3.26. The zero-order valence-corrected chi connectivity index (χ0v) is 13.0. The van der Waals surface area contributed by atoms with Crippen molar-refractivity contribution in [3.63, 3.8) is 0 Å². The van der Waals surface area contributed by atoms with Gasteiger partial charge in [-0.25, -0.2) is 9.97 Å². The number of amides is 1. The summed E-state index contributed by atoms with van der Waals surface area (Å²) >= 11 is 0. The molecule has 1 amide bonds. The molecule has 0 radical (unpaired) electrons. The van der Waals surface area contributed by atoms with Crippen LogP contribution in [0.25, 0.3) is 0 Å². The lowest BCUT2D eigenvalue weighted by Crippen LogP contribution is -2.44. The van der Waals surface area contributed by atoms with Crippen molar-refractivity contribution in [2.45, 2.75) is 19.3 Å². The highest BCUT2D eigenvalue weighted by molar-refractivity contribution is 5.93. The van der Waals surface area contributed by atoms with Crippen LogP contribution in [0.2, 0.25) is 0 Å². The van der Waals surface area contributed by atoms with E-state index in [1.165, 1.54) is 6.26 Å². The summed E-state index contributed by atoms with van der Waals surface area (Å²) in [5.74, 6) is 0.899. The third-order valence-corrected chi connectivity index (χ3v) is 5.15. The van der Waals surface area contributed by atoms with Crippen LogP contribution in [0.1, 0.15) is 29.6 Å². The van der Waals surface area contributed by atoms with Gasteiger partial charge in [0.25, 0.3) is 5.91 Å². The molecule has 0 N–H and O–H groups in total. The van der Waals surface area contributed by atoms with E-state index in [2.05, 4.69) is 14.9 Å². The van der Waals surface area contributed by atoms with Gasteiger partial charge in [-0.3, -0.25) is 4.79 Å². The topological polar surface area (TPSA) is 62.5 Å². The normalized spacial score (nSPS) is 20.2. The molecule has 0 aliphatic carbocycles. The molecule has 1 spiro atoms. The predicted molar refractivity (Wildman–Crippen MR) is 85.1 cm³/mol. The van der Waals surface area contributed by atoms with Crippen molar-refractivity contribution in [2.24, 2.45) is 5.41 Å². The molecule has 6 heteroatoms. The molecule has 6 nitrogen and oxygen atoms in total. The summed E-state index contributed by atoms with van der Waals surface area (Å²) in [6, 6.07) is 3.58. The van der Waals surface area contributed by atoms with E-state index < -0.39 is 0 Å². The van der Waals surface area contributed by atoms with Crippen LogP contribution in [0.3, 0.4) is 0 Å². The molecule has 0 aromatic carbocycles. The van der Waals surface area contributed by atoms with Gasteiger partial charge in [0, 0.05) is 38.6 Å². The Morgan fingerprint density at radius 2 is 1.87 bits per heavy atom. The Bertz CT molecular complexity index is 663. The van der Waals surface area contributed by atoms with Crippen LogP contribution in [0.5, 0.6) is 0 Å². The SMILES string of the molecule is O=C(c1ccoc1)N1CCC2(CC1)CCN(c1ncccn1)C2. The Morgan fingerprint density at radius 3 is 2.57 bits per heavy atom. The van der Waals surface area contributed by atoms with Crippen LogP contribution in [-0.4, -0.2) is 47.0 Å². The number of anilines is 1. The van der Waals surface area contributed by atoms with Crippen LogP contribution in [0.4, 0.5) is 5.95 Å². The number of carbonyl (C=O) groups excluding carboxylic acids is 1. The number of rotatable bonds is 2. The maximum Gasteiger partial charge on any atom is 0.257 e. The number of likely N-dealkylation sites (tertiary alicyclic amines) is 1. The summed E-state index contributed by atoms with van der Waals surface area (Å²) in [6.45, 7) is 3.62. The highest BCUT2D eigenvalue weighted by Crippen LogP contribution is 2.41. The van der Waals surface area contributed by atoms with E-state index in [-0.39, 0.29) is 5.91 Å². The Hall–Kier alpha value is -2.37. The molecule has 4 heterocycles. The first-order chi connectivity index (χ1) is 11.3. The van der Waals surface area contributed by atoms with E-state index in [4.69, 9.17) is 4.42 Å². The van der Waals surface area contributed by atoms with Gasteiger partial charge in [0.2, 0.25) is 5.95 Å². The van der Waals surface area contributed by atoms with Crippen molar-refractivity contribution < 1.29 is 9.21 Å². The van der Waals surface area contributed by atoms with Gasteiger partial charge in [-0.05, 0) is 36.8 Å². The van der Waals surface area contributed by atoms with Crippen molar-refractivity contribution in [3.8, 4) is 0 Å². The highest BCUT2D eigenvalue weighted by atomic mass is 16.3. The Kier molecular flexibility index (Phi) is 3.52. The number of nitrogens with zero attached hydrogens (tertiary/aromatic N) is 4. The molecule has 2 fully saturated rings. The van der Waals surface area contributed by atoms with Crippen molar-refractivity contribution in [1.82, 2.24) is 14.9 Å². The van der Waals surface area contributed by atoms with E-state index in [9.17, 15) is 4.79 Å². The van der Waals surface area contributed by atoms with Gasteiger partial charge in [-0.1, -0.05) is 0 Å². The third-order valence-electron chi connectivity index (χ3n) is 5.15. The van der Waals surface area contributed by atoms with Crippen LogP contribution >= 0.6 is 0 Å². The van der Waals surface area contributed by atoms with Crippen LogP contribution in [0.15, 0.2) is 41.5 Å². The minimum atomic E-state index is 0.0786. The quantitative estimate of drug-likeness (QED) is 0.851. The van der Waals surface area contributed by atoms with Crippen molar-refractivity contribution in [2.75, 3.05) is 31.1 Å². The second-order valence-electron chi connectivity index (χ2n) is 6.52. The second-order valence-corrected chi connectivity index (χ2v) is 6.52. The zero-order chi connectivity index (χ0) is 15.7. The summed E-state index contributed by atoms with van der Waals surface area (Å²) in [7, 11) is 0. The van der Waals surface area contributed by atoms with Gasteiger partial charge >= 0.3 is 0 Å². The number of aromatic nitrogens is 2. The number of hydrogen-bond donors (Lipinski definition) is 0. The summed E-state index contributed by atoms with van der Waals surface area (Å²) in [5, 5.41) is 0. The fourth-order valence-electron chi connectivity index (χ4n) is 3.72. The first kappa shape index (κ1) is 14.2. The summed E-state index contributed by atoms with van der Waals surface area (Å²) in [5.41, 5.74) is 0.943. The van der Waals surface area contributed by atoms with Crippen LogP contribution in [-0.2, 0) is 0 Å². The molecule has 0 atom stereocenters. The monoisotopic (exact) mass is 312 g/mol. The molecule has 2 aliphatic heterocycles. The van der Waals surface area contributed by atoms with E-state index in [0.29, 0.717) is 11.0 Å². The fraction of sp³-hybridized carbons (Fsp3) is 0.471. The van der Waals surface area contributed by atoms with Crippen molar-refractivity contribution in [1.29, 1.82) is 0 Å². The summed E-state index contributed by atoms with van der Waals surface area (Å²) in [6.07, 6.45) is 9.89. The van der Waals surface area contributed by atoms with Gasteiger partial charge in [0.1, 0.15) is 6.26 Å². The van der Waals surface area contributed by atoms with Crippen LogP contribution in [0, 0.1) is 5.41 Å². The number of piperidine rings is 1. The molecule has 2 aromatic heterocycles. The second kappa shape index (κ2) is 5.68. The lowest BCUT2D eigenvalue weighted by molar-refractivity contribution is 0.0609. The lowest BCUT2D eigenvalue weighted by Gasteiger charge is -2.39. The van der Waals surface area contributed by atoms with Gasteiger partial charge in [-0.2, -0.15) is 0 Å². The maximum absolute atomic E-state index is 12.4. The summed E-state index contributed by atoms with van der Waals surface area (Å²) < 4.78 is 5.01. The summed E-state index contributed by atoms with van der Waals surface area (Å²) in [4.78, 5) is 25.3. The Balaban J connectivity index is 1.39. The van der Waals surface area contributed by atoms with Crippen molar-refractivity contribution >= 4 is 11.9 Å². The third kappa shape index (κ3) is 2.69. The Labute approximate surface area is 135 Å². The van der Waals surface area contributed by atoms with E-state index in [0.717, 1.165) is 51.4 Å². The fourth-order valence-corrected chi connectivity index (χ4v) is 3.72. The molecule has 4 rings (SSSR count). The molecular formula is C17H20N4O2. The minimum Gasteiger partial charge on any atom is -0.472 e. The van der Waals surface area contributed by atoms with E-state index >= 15 is 0 Å². The zero-order valence-electron chi connectivity index (χ0n) is 13.0. The number of carbonyl (C=O) groups is 1. The Morgan fingerprint density at radius 1 is 1.13 bits per heavy atom. The van der Waals surface area contributed by atoms with E-state index in [1.54, 1.807) is 24.7 Å². The molecule has 0 bridgehead atoms. The molecule has 0 saturated carbocycles. The first-order valence-corrected chi connectivity index (χ1v) is 8.09. The standard InChI is InChI=1S/C17H20N4O2/c22-15(14-2-11-23-12-14)20-8-3-17(4-9-20)5-10-21(13-17)16-18-6-1-7-19-16/h1-2,6-7,11-12H,3-5,8-10,13H2. The number of hydrogen-bond acceptors (Lipinski definition) is 5. The van der Waals surface area contributed by atoms with Crippen molar-refractivity contribution in [3.05, 3.63) is 42.6 Å². The molecule has 0 unspecified atom stereocenters. The molecule has 23 heavy (non-hydrogen) atoms. The van der Waals surface area contributed by atoms with Gasteiger partial charge in [-0.15, -0.1) is 0 Å².